The van der Waals surface area contributed by atoms with Crippen molar-refractivity contribution in [2.75, 3.05) is 11.9 Å². The third kappa shape index (κ3) is 4.20. The van der Waals surface area contributed by atoms with Gasteiger partial charge in [0.15, 0.2) is 0 Å². The zero-order valence-electron chi connectivity index (χ0n) is 12.2. The van der Waals surface area contributed by atoms with Gasteiger partial charge in [0, 0.05) is 6.04 Å². The number of nitrogens with zero attached hydrogens (tertiary/aromatic N) is 3. The van der Waals surface area contributed by atoms with Crippen LogP contribution in [0.4, 0.5) is 5.95 Å². The topological polar surface area (TPSA) is 59.9 Å². The molecule has 0 bridgehead atoms. The highest BCUT2D eigenvalue weighted by Gasteiger charge is 2.23. The number of anilines is 1. The summed E-state index contributed by atoms with van der Waals surface area (Å²) in [4.78, 5) is 12.4. The highest BCUT2D eigenvalue weighted by atomic mass is 35.5. The van der Waals surface area contributed by atoms with E-state index in [0.29, 0.717) is 24.5 Å². The monoisotopic (exact) mass is 298 g/mol. The summed E-state index contributed by atoms with van der Waals surface area (Å²) >= 11 is 5.92. The molecule has 1 fully saturated rings. The predicted molar refractivity (Wildman–Crippen MR) is 80.3 cm³/mol. The number of aromatic nitrogens is 3. The van der Waals surface area contributed by atoms with Crippen LogP contribution in [-0.4, -0.2) is 27.6 Å². The molecule has 1 unspecified atom stereocenters. The van der Waals surface area contributed by atoms with Crippen molar-refractivity contribution in [2.24, 2.45) is 5.92 Å². The minimum absolute atomic E-state index is 0.171. The maximum atomic E-state index is 5.92. The molecule has 0 aromatic carbocycles. The Balaban J connectivity index is 2.06. The van der Waals surface area contributed by atoms with Gasteiger partial charge in [-0.05, 0) is 43.7 Å². The maximum absolute atomic E-state index is 5.92. The van der Waals surface area contributed by atoms with Gasteiger partial charge >= 0.3 is 6.01 Å². The fourth-order valence-corrected chi connectivity index (χ4v) is 3.00. The van der Waals surface area contributed by atoms with Gasteiger partial charge in [-0.1, -0.05) is 26.2 Å². The molecular formula is C14H23ClN4O. The average molecular weight is 299 g/mol. The molecule has 1 atom stereocenters. The molecule has 1 aliphatic rings. The Morgan fingerprint density at radius 3 is 2.60 bits per heavy atom. The molecule has 1 N–H and O–H groups in total. The van der Waals surface area contributed by atoms with Crippen molar-refractivity contribution in [3.8, 4) is 6.01 Å². The van der Waals surface area contributed by atoms with E-state index in [0.717, 1.165) is 6.42 Å². The normalized spacial score (nSPS) is 17.8. The summed E-state index contributed by atoms with van der Waals surface area (Å²) in [7, 11) is 0. The minimum atomic E-state index is 0.171. The van der Waals surface area contributed by atoms with E-state index in [1.165, 1.54) is 32.1 Å². The highest BCUT2D eigenvalue weighted by molar-refractivity contribution is 6.28. The van der Waals surface area contributed by atoms with E-state index < -0.39 is 0 Å². The molecule has 1 saturated carbocycles. The molecule has 20 heavy (non-hydrogen) atoms. The largest absolute Gasteiger partial charge is 0.464 e. The van der Waals surface area contributed by atoms with Crippen LogP contribution in [0.15, 0.2) is 0 Å². The lowest BCUT2D eigenvalue weighted by atomic mass is 9.83. The molecule has 112 valence electrons. The van der Waals surface area contributed by atoms with Gasteiger partial charge in [0.2, 0.25) is 11.2 Å². The maximum Gasteiger partial charge on any atom is 0.322 e. The van der Waals surface area contributed by atoms with E-state index in [4.69, 9.17) is 16.3 Å². The Bertz CT molecular complexity index is 424. The first-order chi connectivity index (χ1) is 9.72. The summed E-state index contributed by atoms with van der Waals surface area (Å²) in [6.07, 6.45) is 7.62. The Kier molecular flexibility index (Phi) is 5.83. The number of hydrogen-bond acceptors (Lipinski definition) is 5. The van der Waals surface area contributed by atoms with Crippen LogP contribution in [0.3, 0.4) is 0 Å². The summed E-state index contributed by atoms with van der Waals surface area (Å²) in [5, 5.41) is 3.58. The quantitative estimate of drug-likeness (QED) is 0.868. The highest BCUT2D eigenvalue weighted by Crippen LogP contribution is 2.29. The second-order valence-corrected chi connectivity index (χ2v) is 5.54. The van der Waals surface area contributed by atoms with Crippen LogP contribution in [0.2, 0.25) is 5.28 Å². The minimum Gasteiger partial charge on any atom is -0.464 e. The SMILES string of the molecule is CCOc1nc(Cl)nc(NC(CC)C2CCCCC2)n1. The van der Waals surface area contributed by atoms with Crippen LogP contribution in [0.25, 0.3) is 0 Å². The third-order valence-electron chi connectivity index (χ3n) is 3.83. The van der Waals surface area contributed by atoms with Crippen LogP contribution in [0.5, 0.6) is 6.01 Å². The molecule has 0 spiro atoms. The average Bonchev–Trinajstić information content (AvgIpc) is 2.45. The van der Waals surface area contributed by atoms with Crippen LogP contribution < -0.4 is 10.1 Å². The van der Waals surface area contributed by atoms with Gasteiger partial charge in [0.25, 0.3) is 0 Å². The Morgan fingerprint density at radius 1 is 1.20 bits per heavy atom. The van der Waals surface area contributed by atoms with Crippen molar-refractivity contribution >= 4 is 17.5 Å². The van der Waals surface area contributed by atoms with Crippen LogP contribution in [-0.2, 0) is 0 Å². The Morgan fingerprint density at radius 2 is 1.95 bits per heavy atom. The van der Waals surface area contributed by atoms with E-state index in [-0.39, 0.29) is 11.3 Å². The van der Waals surface area contributed by atoms with Gasteiger partial charge in [0.05, 0.1) is 6.61 Å². The van der Waals surface area contributed by atoms with Crippen molar-refractivity contribution in [3.05, 3.63) is 5.28 Å². The molecule has 0 aliphatic heterocycles. The molecule has 0 radical (unpaired) electrons. The molecule has 5 nitrogen and oxygen atoms in total. The molecule has 0 amide bonds. The summed E-state index contributed by atoms with van der Waals surface area (Å²) in [6, 6.07) is 0.678. The van der Waals surface area contributed by atoms with Gasteiger partial charge in [-0.3, -0.25) is 0 Å². The van der Waals surface area contributed by atoms with Gasteiger partial charge in [-0.2, -0.15) is 15.0 Å². The number of hydrogen-bond donors (Lipinski definition) is 1. The van der Waals surface area contributed by atoms with Crippen molar-refractivity contribution in [1.29, 1.82) is 0 Å². The first-order valence-electron chi connectivity index (χ1n) is 7.53. The summed E-state index contributed by atoms with van der Waals surface area (Å²) in [6.45, 7) is 4.60. The van der Waals surface area contributed by atoms with E-state index in [9.17, 15) is 0 Å². The Labute approximate surface area is 125 Å². The second kappa shape index (κ2) is 7.62. The Hall–Kier alpha value is -1.10. The van der Waals surface area contributed by atoms with Gasteiger partial charge in [-0.25, -0.2) is 0 Å². The third-order valence-corrected chi connectivity index (χ3v) is 4.00. The first kappa shape index (κ1) is 15.3. The number of ether oxygens (including phenoxy) is 1. The molecule has 2 rings (SSSR count). The number of halogens is 1. The summed E-state index contributed by atoms with van der Waals surface area (Å²) in [5.41, 5.74) is 0. The zero-order chi connectivity index (χ0) is 14.4. The summed E-state index contributed by atoms with van der Waals surface area (Å²) in [5.74, 6) is 1.21. The fourth-order valence-electron chi connectivity index (χ4n) is 2.85. The second-order valence-electron chi connectivity index (χ2n) is 5.20. The van der Waals surface area contributed by atoms with E-state index in [1.54, 1.807) is 0 Å². The molecule has 1 aliphatic carbocycles. The van der Waals surface area contributed by atoms with Gasteiger partial charge in [-0.15, -0.1) is 0 Å². The molecule has 6 heteroatoms. The first-order valence-corrected chi connectivity index (χ1v) is 7.91. The predicted octanol–water partition coefficient (Wildman–Crippen LogP) is 3.69. The molecule has 1 aromatic heterocycles. The summed E-state index contributed by atoms with van der Waals surface area (Å²) < 4.78 is 5.30. The fraction of sp³-hybridized carbons (Fsp3) is 0.786. The number of nitrogens with one attached hydrogen (secondary N) is 1. The van der Waals surface area contributed by atoms with E-state index in [2.05, 4.69) is 27.2 Å². The molecule has 1 aromatic rings. The lowest BCUT2D eigenvalue weighted by Crippen LogP contribution is -2.31. The zero-order valence-corrected chi connectivity index (χ0v) is 13.0. The molecular weight excluding hydrogens is 276 g/mol. The van der Waals surface area contributed by atoms with Crippen molar-refractivity contribution < 1.29 is 4.74 Å². The lowest BCUT2D eigenvalue weighted by molar-refractivity contribution is 0.306. The van der Waals surface area contributed by atoms with E-state index in [1.807, 2.05) is 6.92 Å². The van der Waals surface area contributed by atoms with Crippen LogP contribution in [0, 0.1) is 5.92 Å². The van der Waals surface area contributed by atoms with Crippen molar-refractivity contribution in [1.82, 2.24) is 15.0 Å². The van der Waals surface area contributed by atoms with Crippen molar-refractivity contribution in [3.63, 3.8) is 0 Å². The van der Waals surface area contributed by atoms with E-state index >= 15 is 0 Å². The lowest BCUT2D eigenvalue weighted by Gasteiger charge is -2.30. The van der Waals surface area contributed by atoms with Crippen LogP contribution >= 0.6 is 11.6 Å². The van der Waals surface area contributed by atoms with Gasteiger partial charge < -0.3 is 10.1 Å². The standard InChI is InChI=1S/C14H23ClN4O/c1-3-11(10-8-6-5-7-9-10)16-13-17-12(15)18-14(19-13)20-4-2/h10-11H,3-9H2,1-2H3,(H,16,17,18,19). The number of rotatable bonds is 6. The molecule has 0 saturated heterocycles. The molecule has 1 heterocycles. The van der Waals surface area contributed by atoms with Crippen LogP contribution in [0.1, 0.15) is 52.4 Å². The smallest absolute Gasteiger partial charge is 0.322 e. The van der Waals surface area contributed by atoms with Crippen molar-refractivity contribution in [2.45, 2.75) is 58.4 Å². The van der Waals surface area contributed by atoms with Gasteiger partial charge in [0.1, 0.15) is 0 Å².